The molecule has 1 atom stereocenters. The van der Waals surface area contributed by atoms with E-state index in [0.29, 0.717) is 19.2 Å². The van der Waals surface area contributed by atoms with Gasteiger partial charge in [0.15, 0.2) is 0 Å². The molecule has 0 unspecified atom stereocenters. The second kappa shape index (κ2) is 8.78. The predicted octanol–water partition coefficient (Wildman–Crippen LogP) is 1.41. The molecule has 1 amide bonds. The molecule has 1 aromatic rings. The molecule has 0 saturated carbocycles. The number of hydrogen-bond donors (Lipinski definition) is 1. The van der Waals surface area contributed by atoms with Crippen molar-refractivity contribution in [2.75, 3.05) is 40.5 Å². The third kappa shape index (κ3) is 4.80. The van der Waals surface area contributed by atoms with Crippen LogP contribution in [-0.4, -0.2) is 72.4 Å². The van der Waals surface area contributed by atoms with E-state index in [2.05, 4.69) is 15.1 Å². The second-order valence-electron chi connectivity index (χ2n) is 7.19. The third-order valence-electron chi connectivity index (χ3n) is 5.27. The fourth-order valence-corrected chi connectivity index (χ4v) is 3.95. The van der Waals surface area contributed by atoms with Crippen LogP contribution < -0.4 is 0 Å². The number of likely N-dealkylation sites (tertiary alicyclic amines) is 1. The molecule has 0 radical (unpaired) electrons. The Morgan fingerprint density at radius 1 is 1.44 bits per heavy atom. The van der Waals surface area contributed by atoms with Crippen LogP contribution in [0.4, 0.5) is 0 Å². The summed E-state index contributed by atoms with van der Waals surface area (Å²) in [5, 5.41) is 7.19. The first-order valence-corrected chi connectivity index (χ1v) is 9.26. The lowest BCUT2D eigenvalue weighted by molar-refractivity contribution is -0.137. The molecule has 25 heavy (non-hydrogen) atoms. The Hall–Kier alpha value is -1.44. The molecule has 2 aliphatic rings. The van der Waals surface area contributed by atoms with Gasteiger partial charge in [-0.15, -0.1) is 0 Å². The fourth-order valence-electron chi connectivity index (χ4n) is 3.95. The molecule has 0 aromatic carbocycles. The molecule has 3 heterocycles. The van der Waals surface area contributed by atoms with Crippen LogP contribution >= 0.6 is 0 Å². The van der Waals surface area contributed by atoms with Crippen LogP contribution in [0.1, 0.15) is 37.1 Å². The second-order valence-corrected chi connectivity index (χ2v) is 7.19. The molecule has 3 rings (SSSR count). The maximum absolute atomic E-state index is 12.9. The van der Waals surface area contributed by atoms with Crippen molar-refractivity contribution in [2.24, 2.45) is 5.92 Å². The van der Waals surface area contributed by atoms with Crippen molar-refractivity contribution in [3.05, 3.63) is 17.5 Å². The van der Waals surface area contributed by atoms with Gasteiger partial charge >= 0.3 is 0 Å². The molecule has 140 valence electrons. The van der Waals surface area contributed by atoms with Crippen LogP contribution in [0, 0.1) is 5.92 Å². The zero-order chi connectivity index (χ0) is 17.6. The van der Waals surface area contributed by atoms with E-state index in [1.54, 1.807) is 7.11 Å². The number of methoxy groups -OCH3 is 1. The molecule has 1 N–H and O–H groups in total. The zero-order valence-electron chi connectivity index (χ0n) is 15.4. The summed E-state index contributed by atoms with van der Waals surface area (Å²) in [5.41, 5.74) is 1.81. The van der Waals surface area contributed by atoms with E-state index in [4.69, 9.17) is 9.47 Å². The summed E-state index contributed by atoms with van der Waals surface area (Å²) in [5.74, 6) is 0.336. The largest absolute Gasteiger partial charge is 0.381 e. The van der Waals surface area contributed by atoms with Gasteiger partial charge in [0.2, 0.25) is 5.91 Å². The minimum Gasteiger partial charge on any atom is -0.381 e. The molecule has 2 fully saturated rings. The molecule has 0 bridgehead atoms. The molecular formula is C18H30N4O3. The van der Waals surface area contributed by atoms with Gasteiger partial charge in [-0.3, -0.25) is 14.8 Å². The summed E-state index contributed by atoms with van der Waals surface area (Å²) in [6.45, 7) is 4.73. The summed E-state index contributed by atoms with van der Waals surface area (Å²) in [6, 6.07) is 2.54. The number of carbonyl (C=O) groups excluding carboxylic acids is 1. The summed E-state index contributed by atoms with van der Waals surface area (Å²) in [7, 11) is 3.53. The van der Waals surface area contributed by atoms with Crippen molar-refractivity contribution in [3.8, 4) is 0 Å². The lowest BCUT2D eigenvalue weighted by Crippen LogP contribution is -2.48. The Morgan fingerprint density at radius 3 is 3.00 bits per heavy atom. The lowest BCUT2D eigenvalue weighted by atomic mass is 9.93. The van der Waals surface area contributed by atoms with Gasteiger partial charge in [0, 0.05) is 40.0 Å². The number of ether oxygens (including phenoxy) is 2. The molecule has 0 spiro atoms. The van der Waals surface area contributed by atoms with Crippen molar-refractivity contribution >= 4 is 5.91 Å². The number of aromatic nitrogens is 2. The maximum Gasteiger partial charge on any atom is 0.227 e. The number of amides is 1. The number of piperidine rings is 1. The highest BCUT2D eigenvalue weighted by Gasteiger charge is 2.32. The summed E-state index contributed by atoms with van der Waals surface area (Å²) in [6.07, 6.45) is 4.27. The van der Waals surface area contributed by atoms with Crippen LogP contribution in [0.3, 0.4) is 0 Å². The molecule has 7 nitrogen and oxygen atoms in total. The Bertz CT molecular complexity index is 556. The van der Waals surface area contributed by atoms with Crippen LogP contribution in [0.25, 0.3) is 0 Å². The first-order valence-electron chi connectivity index (χ1n) is 9.26. The topological polar surface area (TPSA) is 70.7 Å². The number of nitrogens with zero attached hydrogens (tertiary/aromatic N) is 3. The Balaban J connectivity index is 1.53. The standard InChI is InChI=1S/C18H30N4O3/c1-21(12-15-10-16(13-24-2)20-19-15)18(23)14-4-3-7-22(11-14)17-5-8-25-9-6-17/h10,14,17H,3-9,11-13H2,1-2H3,(H,19,20)/t14-/m1/s1. The quantitative estimate of drug-likeness (QED) is 0.840. The van der Waals surface area contributed by atoms with Gasteiger partial charge in [-0.05, 0) is 38.3 Å². The van der Waals surface area contributed by atoms with Gasteiger partial charge in [0.25, 0.3) is 0 Å². The number of rotatable bonds is 6. The Labute approximate surface area is 149 Å². The number of hydrogen-bond acceptors (Lipinski definition) is 5. The molecule has 2 saturated heterocycles. The maximum atomic E-state index is 12.9. The summed E-state index contributed by atoms with van der Waals surface area (Å²) < 4.78 is 10.5. The van der Waals surface area contributed by atoms with Gasteiger partial charge < -0.3 is 14.4 Å². The van der Waals surface area contributed by atoms with Gasteiger partial charge in [0.05, 0.1) is 30.5 Å². The summed E-state index contributed by atoms with van der Waals surface area (Å²) in [4.78, 5) is 17.2. The van der Waals surface area contributed by atoms with Crippen molar-refractivity contribution in [1.29, 1.82) is 0 Å². The average molecular weight is 350 g/mol. The van der Waals surface area contributed by atoms with E-state index < -0.39 is 0 Å². The van der Waals surface area contributed by atoms with E-state index in [1.807, 2.05) is 18.0 Å². The predicted molar refractivity (Wildman–Crippen MR) is 93.9 cm³/mol. The molecule has 0 aliphatic carbocycles. The van der Waals surface area contributed by atoms with E-state index >= 15 is 0 Å². The average Bonchev–Trinajstić information content (AvgIpc) is 3.09. The lowest BCUT2D eigenvalue weighted by Gasteiger charge is -2.40. The first kappa shape index (κ1) is 18.4. The molecular weight excluding hydrogens is 320 g/mol. The Kier molecular flexibility index (Phi) is 6.45. The van der Waals surface area contributed by atoms with E-state index in [-0.39, 0.29) is 11.8 Å². The van der Waals surface area contributed by atoms with Crippen LogP contribution in [0.15, 0.2) is 6.07 Å². The van der Waals surface area contributed by atoms with Crippen molar-refractivity contribution in [3.63, 3.8) is 0 Å². The third-order valence-corrected chi connectivity index (χ3v) is 5.27. The highest BCUT2D eigenvalue weighted by Crippen LogP contribution is 2.24. The van der Waals surface area contributed by atoms with Gasteiger partial charge in [0.1, 0.15) is 0 Å². The molecule has 2 aliphatic heterocycles. The fraction of sp³-hybridized carbons (Fsp3) is 0.778. The number of H-pyrrole nitrogens is 1. The Morgan fingerprint density at radius 2 is 2.24 bits per heavy atom. The smallest absolute Gasteiger partial charge is 0.227 e. The van der Waals surface area contributed by atoms with Crippen molar-refractivity contribution < 1.29 is 14.3 Å². The highest BCUT2D eigenvalue weighted by atomic mass is 16.5. The SMILES string of the molecule is COCc1cc(CN(C)C(=O)[C@@H]2CCCN(C3CCOCC3)C2)[nH]n1. The van der Waals surface area contributed by atoms with Gasteiger partial charge in [-0.25, -0.2) is 0 Å². The number of carbonyl (C=O) groups is 1. The van der Waals surface area contributed by atoms with E-state index in [9.17, 15) is 4.79 Å². The first-order chi connectivity index (χ1) is 12.2. The number of aromatic amines is 1. The normalized spacial score (nSPS) is 22.9. The van der Waals surface area contributed by atoms with Crippen molar-refractivity contribution in [2.45, 2.75) is 44.9 Å². The van der Waals surface area contributed by atoms with E-state index in [1.165, 1.54) is 0 Å². The van der Waals surface area contributed by atoms with Crippen molar-refractivity contribution in [1.82, 2.24) is 20.0 Å². The number of nitrogens with one attached hydrogen (secondary N) is 1. The van der Waals surface area contributed by atoms with E-state index in [0.717, 1.165) is 63.4 Å². The van der Waals surface area contributed by atoms with Gasteiger partial charge in [-0.1, -0.05) is 0 Å². The zero-order valence-corrected chi connectivity index (χ0v) is 15.4. The van der Waals surface area contributed by atoms with Crippen LogP contribution in [0.2, 0.25) is 0 Å². The molecule has 7 heteroatoms. The summed E-state index contributed by atoms with van der Waals surface area (Å²) >= 11 is 0. The van der Waals surface area contributed by atoms with Crippen LogP contribution in [-0.2, 0) is 27.4 Å². The monoisotopic (exact) mass is 350 g/mol. The molecule has 1 aromatic heterocycles. The highest BCUT2D eigenvalue weighted by molar-refractivity contribution is 5.78. The van der Waals surface area contributed by atoms with Crippen LogP contribution in [0.5, 0.6) is 0 Å². The minimum atomic E-state index is 0.1000. The van der Waals surface area contributed by atoms with Gasteiger partial charge in [-0.2, -0.15) is 5.10 Å². The minimum absolute atomic E-state index is 0.1000.